The van der Waals surface area contributed by atoms with Crippen LogP contribution in [-0.4, -0.2) is 35.7 Å². The number of aliphatic carboxylic acids is 1. The number of hydrogen-bond donors (Lipinski definition) is 3. The third-order valence-corrected chi connectivity index (χ3v) is 6.95. The Labute approximate surface area is 205 Å². The van der Waals surface area contributed by atoms with Crippen LogP contribution in [-0.2, 0) is 14.3 Å². The highest BCUT2D eigenvalue weighted by atomic mass is 32.1. The third-order valence-electron chi connectivity index (χ3n) is 6.05. The predicted molar refractivity (Wildman–Crippen MR) is 135 cm³/mol. The zero-order chi connectivity index (χ0) is 24.4. The van der Waals surface area contributed by atoms with Crippen molar-refractivity contribution in [3.8, 4) is 11.1 Å². The summed E-state index contributed by atoms with van der Waals surface area (Å²) in [5.74, 6) is -1.98. The molecule has 0 bridgehead atoms. The van der Waals surface area contributed by atoms with E-state index in [1.807, 2.05) is 66.0 Å². The third kappa shape index (κ3) is 4.74. The van der Waals surface area contributed by atoms with Crippen LogP contribution in [0.3, 0.4) is 0 Å². The number of benzene rings is 3. The number of nitrogens with one attached hydrogen (secondary N) is 2. The van der Waals surface area contributed by atoms with Crippen LogP contribution < -0.4 is 10.6 Å². The Balaban J connectivity index is 1.26. The van der Waals surface area contributed by atoms with Gasteiger partial charge in [0, 0.05) is 16.3 Å². The molecule has 35 heavy (non-hydrogen) atoms. The lowest BCUT2D eigenvalue weighted by Crippen LogP contribution is -2.45. The van der Waals surface area contributed by atoms with Crippen molar-refractivity contribution in [2.24, 2.45) is 0 Å². The molecule has 0 spiro atoms. The molecule has 0 saturated heterocycles. The van der Waals surface area contributed by atoms with E-state index in [1.165, 1.54) is 0 Å². The predicted octanol–water partition coefficient (Wildman–Crippen LogP) is 5.22. The molecule has 1 heterocycles. The van der Waals surface area contributed by atoms with Gasteiger partial charge in [-0.2, -0.15) is 0 Å². The van der Waals surface area contributed by atoms with Crippen molar-refractivity contribution in [1.82, 2.24) is 5.32 Å². The largest absolute Gasteiger partial charge is 0.481 e. The lowest BCUT2D eigenvalue weighted by molar-refractivity contribution is -0.139. The molecule has 1 aliphatic carbocycles. The molecule has 0 aliphatic heterocycles. The number of carboxylic acids is 1. The minimum atomic E-state index is -1.29. The van der Waals surface area contributed by atoms with E-state index in [9.17, 15) is 19.5 Å². The molecule has 2 amide bonds. The summed E-state index contributed by atoms with van der Waals surface area (Å²) in [6.07, 6.45) is -1.42. The average molecular weight is 487 g/mol. The molecule has 0 fully saturated rings. The van der Waals surface area contributed by atoms with Gasteiger partial charge in [-0.3, -0.25) is 9.59 Å². The fourth-order valence-electron chi connectivity index (χ4n) is 4.44. The van der Waals surface area contributed by atoms with Gasteiger partial charge in [0.2, 0.25) is 5.91 Å². The summed E-state index contributed by atoms with van der Waals surface area (Å²) in [5, 5.41) is 17.3. The van der Waals surface area contributed by atoms with Gasteiger partial charge in [-0.15, -0.1) is 11.3 Å². The minimum absolute atomic E-state index is 0.0656. The molecule has 5 rings (SSSR count). The van der Waals surface area contributed by atoms with Gasteiger partial charge >= 0.3 is 12.1 Å². The van der Waals surface area contributed by atoms with Gasteiger partial charge in [-0.1, -0.05) is 48.5 Å². The molecule has 176 valence electrons. The van der Waals surface area contributed by atoms with Crippen LogP contribution in [0.1, 0.15) is 23.5 Å². The first kappa shape index (κ1) is 22.6. The van der Waals surface area contributed by atoms with Gasteiger partial charge in [-0.25, -0.2) is 4.79 Å². The molecule has 3 N–H and O–H groups in total. The van der Waals surface area contributed by atoms with Crippen molar-refractivity contribution in [3.63, 3.8) is 0 Å². The fraction of sp³-hybridized carbons (Fsp3) is 0.148. The maximum absolute atomic E-state index is 12.8. The molecular formula is C27H22N2O5S. The standard InChI is InChI=1S/C27H22N2O5S/c30-25(31)14-23(26(32)28-17-9-10-24-16(13-17)11-12-35-24)29-27(33)34-15-22-20-7-3-1-5-18(20)19-6-2-4-8-21(19)22/h1-13,22-23H,14-15H2,(H,28,32)(H,29,33)(H,30,31). The minimum Gasteiger partial charge on any atom is -0.481 e. The van der Waals surface area contributed by atoms with Gasteiger partial charge in [0.15, 0.2) is 0 Å². The number of anilines is 1. The van der Waals surface area contributed by atoms with Crippen LogP contribution in [0, 0.1) is 0 Å². The number of rotatable bonds is 7. The number of thiophene rings is 1. The molecule has 3 aromatic carbocycles. The molecule has 4 aromatic rings. The SMILES string of the molecule is O=C(O)CC(NC(=O)OCC1c2ccccc2-c2ccccc21)C(=O)Nc1ccc2sccc2c1. The second-order valence-electron chi connectivity index (χ2n) is 8.28. The Hall–Kier alpha value is -4.17. The van der Waals surface area contributed by atoms with E-state index in [0.717, 1.165) is 32.3 Å². The maximum atomic E-state index is 12.8. The number of ether oxygens (including phenoxy) is 1. The van der Waals surface area contributed by atoms with Crippen molar-refractivity contribution in [2.75, 3.05) is 11.9 Å². The number of carbonyl (C=O) groups excluding carboxylic acids is 2. The van der Waals surface area contributed by atoms with Crippen LogP contribution in [0.2, 0.25) is 0 Å². The first-order chi connectivity index (χ1) is 17.0. The van der Waals surface area contributed by atoms with Gasteiger partial charge in [-0.05, 0) is 57.3 Å². The van der Waals surface area contributed by atoms with Crippen molar-refractivity contribution in [1.29, 1.82) is 0 Å². The molecule has 0 saturated carbocycles. The quantitative estimate of drug-likeness (QED) is 0.332. The number of alkyl carbamates (subject to hydrolysis) is 1. The Bertz CT molecular complexity index is 1380. The van der Waals surface area contributed by atoms with E-state index in [1.54, 1.807) is 23.5 Å². The van der Waals surface area contributed by atoms with E-state index in [-0.39, 0.29) is 12.5 Å². The summed E-state index contributed by atoms with van der Waals surface area (Å²) in [6.45, 7) is 0.0656. The summed E-state index contributed by atoms with van der Waals surface area (Å²) in [5.41, 5.74) is 4.84. The molecule has 1 unspecified atom stereocenters. The molecule has 1 atom stereocenters. The average Bonchev–Trinajstić information content (AvgIpc) is 3.44. The van der Waals surface area contributed by atoms with Crippen LogP contribution >= 0.6 is 11.3 Å². The Kier molecular flexibility index (Phi) is 6.20. The normalized spacial score (nSPS) is 13.0. The van der Waals surface area contributed by atoms with Crippen LogP contribution in [0.15, 0.2) is 78.2 Å². The number of carbonyl (C=O) groups is 3. The van der Waals surface area contributed by atoms with Gasteiger partial charge in [0.25, 0.3) is 0 Å². The zero-order valence-electron chi connectivity index (χ0n) is 18.6. The summed E-state index contributed by atoms with van der Waals surface area (Å²) in [4.78, 5) is 36.8. The Morgan fingerprint density at radius 3 is 2.31 bits per heavy atom. The van der Waals surface area contributed by atoms with Crippen molar-refractivity contribution >= 4 is 45.1 Å². The second kappa shape index (κ2) is 9.60. The van der Waals surface area contributed by atoms with Crippen molar-refractivity contribution in [3.05, 3.63) is 89.3 Å². The molecule has 1 aliphatic rings. The number of amides is 2. The van der Waals surface area contributed by atoms with Crippen LogP contribution in [0.5, 0.6) is 0 Å². The molecule has 1 aromatic heterocycles. The lowest BCUT2D eigenvalue weighted by atomic mass is 9.98. The fourth-order valence-corrected chi connectivity index (χ4v) is 5.21. The summed E-state index contributed by atoms with van der Waals surface area (Å²) >= 11 is 1.58. The van der Waals surface area contributed by atoms with Crippen molar-refractivity contribution < 1.29 is 24.2 Å². The smallest absolute Gasteiger partial charge is 0.407 e. The number of carboxylic acid groups (broad SMARTS) is 1. The monoisotopic (exact) mass is 486 g/mol. The Morgan fingerprint density at radius 1 is 0.943 bits per heavy atom. The highest BCUT2D eigenvalue weighted by Gasteiger charge is 2.30. The number of fused-ring (bicyclic) bond motifs is 4. The van der Waals surface area contributed by atoms with Gasteiger partial charge in [0.1, 0.15) is 12.6 Å². The first-order valence-electron chi connectivity index (χ1n) is 11.1. The van der Waals surface area contributed by atoms with Gasteiger partial charge < -0.3 is 20.5 Å². The highest BCUT2D eigenvalue weighted by molar-refractivity contribution is 7.17. The van der Waals surface area contributed by atoms with E-state index in [4.69, 9.17) is 4.74 Å². The molecule has 8 heteroatoms. The first-order valence-corrected chi connectivity index (χ1v) is 12.0. The molecular weight excluding hydrogens is 464 g/mol. The van der Waals surface area contributed by atoms with E-state index in [0.29, 0.717) is 5.69 Å². The summed E-state index contributed by atoms with van der Waals surface area (Å²) in [7, 11) is 0. The van der Waals surface area contributed by atoms with E-state index >= 15 is 0 Å². The highest BCUT2D eigenvalue weighted by Crippen LogP contribution is 2.44. The number of hydrogen-bond acceptors (Lipinski definition) is 5. The van der Waals surface area contributed by atoms with E-state index < -0.39 is 30.4 Å². The lowest BCUT2D eigenvalue weighted by Gasteiger charge is -2.19. The molecule has 7 nitrogen and oxygen atoms in total. The van der Waals surface area contributed by atoms with Gasteiger partial charge in [0.05, 0.1) is 6.42 Å². The summed E-state index contributed by atoms with van der Waals surface area (Å²) in [6, 6.07) is 22.0. The maximum Gasteiger partial charge on any atom is 0.407 e. The second-order valence-corrected chi connectivity index (χ2v) is 9.23. The van der Waals surface area contributed by atoms with Crippen molar-refractivity contribution in [2.45, 2.75) is 18.4 Å². The topological polar surface area (TPSA) is 105 Å². The van der Waals surface area contributed by atoms with Crippen LogP contribution in [0.4, 0.5) is 10.5 Å². The van der Waals surface area contributed by atoms with Crippen LogP contribution in [0.25, 0.3) is 21.2 Å². The molecule has 0 radical (unpaired) electrons. The zero-order valence-corrected chi connectivity index (χ0v) is 19.4. The Morgan fingerprint density at radius 2 is 1.63 bits per heavy atom. The van der Waals surface area contributed by atoms with E-state index in [2.05, 4.69) is 10.6 Å². The summed E-state index contributed by atoms with van der Waals surface area (Å²) < 4.78 is 6.55.